The number of nitrogen functional groups attached to an aromatic ring is 1. The molecule has 240 valence electrons. The van der Waals surface area contributed by atoms with Crippen molar-refractivity contribution in [1.82, 2.24) is 19.6 Å². The lowest BCUT2D eigenvalue weighted by Gasteiger charge is -2.35. The van der Waals surface area contributed by atoms with Gasteiger partial charge < -0.3 is 5.73 Å². The molecule has 5 heteroatoms. The van der Waals surface area contributed by atoms with E-state index in [1.54, 1.807) is 0 Å². The van der Waals surface area contributed by atoms with Gasteiger partial charge in [0.2, 0.25) is 0 Å². The molecule has 3 heterocycles. The molecule has 0 spiro atoms. The first kappa shape index (κ1) is 30.9. The molecule has 46 heavy (non-hydrogen) atoms. The van der Waals surface area contributed by atoms with Crippen molar-refractivity contribution in [3.63, 3.8) is 0 Å². The van der Waals surface area contributed by atoms with Crippen LogP contribution < -0.4 is 5.73 Å². The van der Waals surface area contributed by atoms with Gasteiger partial charge in [-0.25, -0.2) is 9.50 Å². The standard InChI is InChI=1S/C41H51N5/c42-35-21-19-33(20-22-35)41(24-13-7-3-1-2-5-9-15-31-27-32(31)16-10-6-4-8-14-25-41)34-28-44-40-38(29-45-46(40)30-34)36-23-26-43-39-18-12-11-17-37(36)39/h11-12,17-23,26,28-32H,1-10,13-16,24-25,27,42H2. The van der Waals surface area contributed by atoms with Gasteiger partial charge in [-0.3, -0.25) is 4.98 Å². The van der Waals surface area contributed by atoms with Crippen molar-refractivity contribution in [3.8, 4) is 11.1 Å². The van der Waals surface area contributed by atoms with Gasteiger partial charge in [0.1, 0.15) is 0 Å². The maximum Gasteiger partial charge on any atom is 0.162 e. The highest BCUT2D eigenvalue weighted by Gasteiger charge is 2.36. The van der Waals surface area contributed by atoms with Crippen LogP contribution in [-0.4, -0.2) is 19.6 Å². The van der Waals surface area contributed by atoms with Gasteiger partial charge in [-0.2, -0.15) is 5.10 Å². The number of pyridine rings is 1. The molecule has 3 aromatic heterocycles. The van der Waals surface area contributed by atoms with E-state index < -0.39 is 0 Å². The van der Waals surface area contributed by atoms with Crippen LogP contribution in [0.5, 0.6) is 0 Å². The minimum atomic E-state index is -0.117. The fourth-order valence-corrected chi connectivity index (χ4v) is 8.41. The number of benzene rings is 2. The largest absolute Gasteiger partial charge is 0.399 e. The van der Waals surface area contributed by atoms with E-state index >= 15 is 0 Å². The highest BCUT2D eigenvalue weighted by atomic mass is 15.2. The summed E-state index contributed by atoms with van der Waals surface area (Å²) in [6.07, 6.45) is 31.1. The van der Waals surface area contributed by atoms with Crippen LogP contribution >= 0.6 is 0 Å². The number of fused-ring (bicyclic) bond motifs is 3. The van der Waals surface area contributed by atoms with Crippen LogP contribution in [0.3, 0.4) is 0 Å². The normalized spacial score (nSPS) is 24.1. The topological polar surface area (TPSA) is 69.1 Å². The van der Waals surface area contributed by atoms with E-state index in [9.17, 15) is 0 Å². The summed E-state index contributed by atoms with van der Waals surface area (Å²) in [6.45, 7) is 0. The Morgan fingerprint density at radius 2 is 1.28 bits per heavy atom. The molecule has 0 radical (unpaired) electrons. The summed E-state index contributed by atoms with van der Waals surface area (Å²) in [5.74, 6) is 2.10. The first-order valence-electron chi connectivity index (χ1n) is 18.3. The van der Waals surface area contributed by atoms with Gasteiger partial charge in [0.25, 0.3) is 0 Å². The highest BCUT2D eigenvalue weighted by molar-refractivity contribution is 5.97. The van der Waals surface area contributed by atoms with Crippen LogP contribution in [0.1, 0.15) is 120 Å². The predicted octanol–water partition coefficient (Wildman–Crippen LogP) is 10.7. The van der Waals surface area contributed by atoms with Gasteiger partial charge >= 0.3 is 0 Å². The van der Waals surface area contributed by atoms with Gasteiger partial charge in [0.15, 0.2) is 5.65 Å². The highest BCUT2D eigenvalue weighted by Crippen LogP contribution is 2.46. The predicted molar refractivity (Wildman–Crippen MR) is 191 cm³/mol. The van der Waals surface area contributed by atoms with E-state index in [0.29, 0.717) is 0 Å². The number of para-hydroxylation sites is 1. The van der Waals surface area contributed by atoms with Gasteiger partial charge in [0.05, 0.1) is 11.7 Å². The summed E-state index contributed by atoms with van der Waals surface area (Å²) in [4.78, 5) is 9.74. The molecule has 7 rings (SSSR count). The molecular weight excluding hydrogens is 562 g/mol. The summed E-state index contributed by atoms with van der Waals surface area (Å²) in [5.41, 5.74) is 13.6. The number of rotatable bonds is 3. The van der Waals surface area contributed by atoms with E-state index in [1.165, 1.54) is 107 Å². The smallest absolute Gasteiger partial charge is 0.162 e. The molecule has 2 fully saturated rings. The van der Waals surface area contributed by atoms with Crippen LogP contribution in [0.25, 0.3) is 27.7 Å². The Balaban J connectivity index is 1.20. The quantitative estimate of drug-likeness (QED) is 0.206. The molecule has 0 amide bonds. The fraction of sp³-hybridized carbons (Fsp3) is 0.488. The molecule has 2 aliphatic carbocycles. The first-order valence-corrected chi connectivity index (χ1v) is 18.3. The summed E-state index contributed by atoms with van der Waals surface area (Å²) in [7, 11) is 0. The Labute approximate surface area is 275 Å². The van der Waals surface area contributed by atoms with Crippen LogP contribution in [0.2, 0.25) is 0 Å². The molecule has 0 bridgehead atoms. The summed E-state index contributed by atoms with van der Waals surface area (Å²) < 4.78 is 2.01. The molecule has 3 unspecified atom stereocenters. The Hall–Kier alpha value is -3.73. The van der Waals surface area contributed by atoms with Crippen molar-refractivity contribution in [2.24, 2.45) is 11.8 Å². The average Bonchev–Trinajstić information content (AvgIpc) is 3.70. The maximum atomic E-state index is 6.23. The molecule has 0 saturated heterocycles. The van der Waals surface area contributed by atoms with Gasteiger partial charge in [0, 0.05) is 40.6 Å². The Morgan fingerprint density at radius 1 is 0.630 bits per heavy atom. The number of nitrogens with zero attached hydrogens (tertiary/aromatic N) is 4. The Kier molecular flexibility index (Phi) is 9.65. The molecule has 2 N–H and O–H groups in total. The van der Waals surface area contributed by atoms with Crippen molar-refractivity contribution in [1.29, 1.82) is 0 Å². The number of hydrogen-bond acceptors (Lipinski definition) is 4. The van der Waals surface area contributed by atoms with E-state index in [-0.39, 0.29) is 5.41 Å². The minimum Gasteiger partial charge on any atom is -0.399 e. The lowest BCUT2D eigenvalue weighted by atomic mass is 9.68. The van der Waals surface area contributed by atoms with E-state index in [1.807, 2.05) is 23.0 Å². The maximum absolute atomic E-state index is 6.23. The molecule has 2 saturated carbocycles. The van der Waals surface area contributed by atoms with E-state index in [0.717, 1.165) is 58.0 Å². The van der Waals surface area contributed by atoms with Crippen molar-refractivity contribution in [2.75, 3.05) is 5.73 Å². The molecule has 5 nitrogen and oxygen atoms in total. The van der Waals surface area contributed by atoms with Crippen LogP contribution in [0.4, 0.5) is 5.69 Å². The second kappa shape index (κ2) is 14.4. The zero-order valence-electron chi connectivity index (χ0n) is 27.5. The second-order valence-electron chi connectivity index (χ2n) is 14.3. The van der Waals surface area contributed by atoms with Crippen LogP contribution in [0, 0.1) is 11.8 Å². The number of anilines is 1. The number of nitrogens with two attached hydrogens (primary N) is 1. The van der Waals surface area contributed by atoms with Crippen LogP contribution in [0.15, 0.2) is 79.4 Å². The SMILES string of the molecule is Nc1ccc(C2(c3cnc4c(-c5ccnc6ccccc56)cnn4c3)CCCCCCCCCC3CC3CCCCCCC2)cc1. The van der Waals surface area contributed by atoms with Crippen molar-refractivity contribution >= 4 is 22.2 Å². The Morgan fingerprint density at radius 3 is 2.00 bits per heavy atom. The summed E-state index contributed by atoms with van der Waals surface area (Å²) in [5, 5.41) is 6.01. The van der Waals surface area contributed by atoms with E-state index in [4.69, 9.17) is 15.8 Å². The lowest BCUT2D eigenvalue weighted by molar-refractivity contribution is 0.387. The molecule has 3 atom stereocenters. The summed E-state index contributed by atoms with van der Waals surface area (Å²) >= 11 is 0. The molecule has 0 aliphatic heterocycles. The Bertz CT molecular complexity index is 1720. The summed E-state index contributed by atoms with van der Waals surface area (Å²) in [6, 6.07) is 19.1. The van der Waals surface area contributed by atoms with Crippen molar-refractivity contribution in [3.05, 3.63) is 90.5 Å². The van der Waals surface area contributed by atoms with Crippen molar-refractivity contribution in [2.45, 2.75) is 115 Å². The minimum absolute atomic E-state index is 0.117. The van der Waals surface area contributed by atoms with E-state index in [2.05, 4.69) is 65.9 Å². The molecule has 2 aromatic carbocycles. The molecule has 5 aromatic rings. The third-order valence-electron chi connectivity index (χ3n) is 11.2. The lowest BCUT2D eigenvalue weighted by Crippen LogP contribution is -2.29. The number of aromatic nitrogens is 4. The average molecular weight is 614 g/mol. The first-order chi connectivity index (χ1) is 22.7. The van der Waals surface area contributed by atoms with Crippen LogP contribution in [-0.2, 0) is 5.41 Å². The molecule has 2 aliphatic rings. The number of hydrogen-bond donors (Lipinski definition) is 1. The third kappa shape index (κ3) is 6.84. The van der Waals surface area contributed by atoms with Gasteiger partial charge in [-0.05, 0) is 72.1 Å². The van der Waals surface area contributed by atoms with Gasteiger partial charge in [-0.15, -0.1) is 0 Å². The van der Waals surface area contributed by atoms with Crippen molar-refractivity contribution < 1.29 is 0 Å². The third-order valence-corrected chi connectivity index (χ3v) is 11.2. The monoisotopic (exact) mass is 613 g/mol. The fourth-order valence-electron chi connectivity index (χ4n) is 8.41. The zero-order chi connectivity index (χ0) is 31.2. The zero-order valence-corrected chi connectivity index (χ0v) is 27.5. The van der Waals surface area contributed by atoms with Gasteiger partial charge in [-0.1, -0.05) is 120 Å². The second-order valence-corrected chi connectivity index (χ2v) is 14.3. The molecular formula is C41H51N5.